The molecule has 0 atom stereocenters. The molecule has 0 spiro atoms. The van der Waals surface area contributed by atoms with E-state index in [1.54, 1.807) is 0 Å². The van der Waals surface area contributed by atoms with Crippen molar-refractivity contribution in [3.05, 3.63) is 24.3 Å². The highest BCUT2D eigenvalue weighted by Crippen LogP contribution is 2.40. The van der Waals surface area contributed by atoms with Crippen molar-refractivity contribution in [2.45, 2.75) is 65.6 Å². The van der Waals surface area contributed by atoms with E-state index in [1.165, 1.54) is 0 Å². The second-order valence-corrected chi connectivity index (χ2v) is 12.8. The molecule has 0 aromatic carbocycles. The minimum absolute atomic E-state index is 0.112. The maximum atomic E-state index is 9.93. The first-order valence-electron chi connectivity index (χ1n) is 7.39. The molecule has 0 aromatic rings. The monoisotopic (exact) mass is 298 g/mol. The maximum Gasteiger partial charge on any atom is 0.192 e. The van der Waals surface area contributed by atoms with Gasteiger partial charge in [-0.05, 0) is 44.8 Å². The Morgan fingerprint density at radius 2 is 1.45 bits per heavy atom. The average molecular weight is 299 g/mol. The smallest absolute Gasteiger partial charge is 0.192 e. The van der Waals surface area contributed by atoms with Crippen molar-refractivity contribution in [1.29, 1.82) is 0 Å². The quantitative estimate of drug-likeness (QED) is 0.509. The van der Waals surface area contributed by atoms with Crippen molar-refractivity contribution in [3.63, 3.8) is 0 Å². The van der Waals surface area contributed by atoms with Crippen molar-refractivity contribution < 1.29 is 9.53 Å². The van der Waals surface area contributed by atoms with Gasteiger partial charge in [-0.2, -0.15) is 0 Å². The Labute approximate surface area is 127 Å². The lowest BCUT2D eigenvalue weighted by atomic mass is 9.78. The molecule has 1 N–H and O–H groups in total. The summed E-state index contributed by atoms with van der Waals surface area (Å²) in [7, 11) is -1.80. The Kier molecular flexibility index (Phi) is 6.92. The summed E-state index contributed by atoms with van der Waals surface area (Å²) < 4.78 is 6.35. The summed E-state index contributed by atoms with van der Waals surface area (Å²) in [5.74, 6) is 0. The highest BCUT2D eigenvalue weighted by Gasteiger charge is 2.40. The molecule has 0 amide bonds. The van der Waals surface area contributed by atoms with E-state index in [1.807, 2.05) is 13.8 Å². The van der Waals surface area contributed by atoms with E-state index in [2.05, 4.69) is 47.0 Å². The number of hydrogen-bond donors (Lipinski definition) is 1. The lowest BCUT2D eigenvalue weighted by Gasteiger charge is -2.41. The second-order valence-electron chi connectivity index (χ2n) is 7.97. The summed E-state index contributed by atoms with van der Waals surface area (Å²) in [4.78, 5) is 0. The minimum atomic E-state index is -1.80. The molecule has 0 aliphatic heterocycles. The third-order valence-corrected chi connectivity index (χ3v) is 8.71. The molecule has 2 nitrogen and oxygen atoms in total. The zero-order valence-corrected chi connectivity index (χ0v) is 15.6. The summed E-state index contributed by atoms with van der Waals surface area (Å²) in [6.45, 7) is 23.9. The zero-order chi connectivity index (χ0) is 16.2. The van der Waals surface area contributed by atoms with Gasteiger partial charge in [-0.1, -0.05) is 31.9 Å². The number of allylic oxidation sites excluding steroid dienone is 2. The highest BCUT2D eigenvalue weighted by molar-refractivity contribution is 6.74. The summed E-state index contributed by atoms with van der Waals surface area (Å²) in [6, 6.07) is 0. The maximum absolute atomic E-state index is 9.93. The van der Waals surface area contributed by atoms with E-state index in [4.69, 9.17) is 4.43 Å². The topological polar surface area (TPSA) is 29.5 Å². The molecule has 0 bridgehead atoms. The largest absolute Gasteiger partial charge is 0.416 e. The summed E-state index contributed by atoms with van der Waals surface area (Å²) in [6.07, 6.45) is 1.57. The van der Waals surface area contributed by atoms with Crippen molar-refractivity contribution in [3.8, 4) is 0 Å². The van der Waals surface area contributed by atoms with Crippen LogP contribution in [0.3, 0.4) is 0 Å². The van der Waals surface area contributed by atoms with Gasteiger partial charge in [0, 0.05) is 12.0 Å². The fraction of sp³-hybridized carbons (Fsp3) is 0.765. The molecule has 20 heavy (non-hydrogen) atoms. The lowest BCUT2D eigenvalue weighted by molar-refractivity contribution is 0.0598. The van der Waals surface area contributed by atoms with Crippen molar-refractivity contribution in [2.75, 3.05) is 13.2 Å². The molecular weight excluding hydrogens is 264 g/mol. The third kappa shape index (κ3) is 5.94. The van der Waals surface area contributed by atoms with Crippen molar-refractivity contribution >= 4 is 8.32 Å². The number of aliphatic hydroxyl groups excluding tert-OH is 1. The minimum Gasteiger partial charge on any atom is -0.416 e. The van der Waals surface area contributed by atoms with Crippen LogP contribution < -0.4 is 0 Å². The summed E-state index contributed by atoms with van der Waals surface area (Å²) in [5, 5.41) is 10.1. The third-order valence-electron chi connectivity index (χ3n) is 4.23. The van der Waals surface area contributed by atoms with E-state index < -0.39 is 8.32 Å². The normalized spacial score (nSPS) is 13.4. The van der Waals surface area contributed by atoms with Gasteiger partial charge in [-0.15, -0.1) is 13.2 Å². The first kappa shape index (κ1) is 19.6. The molecule has 0 radical (unpaired) electrons. The predicted octanol–water partition coefficient (Wildman–Crippen LogP) is 4.92. The number of aliphatic hydroxyl groups is 1. The van der Waals surface area contributed by atoms with Gasteiger partial charge in [0.15, 0.2) is 8.32 Å². The van der Waals surface area contributed by atoms with Gasteiger partial charge in [0.2, 0.25) is 0 Å². The molecular formula is C17H34O2Si. The van der Waals surface area contributed by atoms with E-state index in [9.17, 15) is 5.11 Å². The van der Waals surface area contributed by atoms with Crippen LogP contribution in [0.25, 0.3) is 0 Å². The predicted molar refractivity (Wildman–Crippen MR) is 91.5 cm³/mol. The van der Waals surface area contributed by atoms with Crippen LogP contribution >= 0.6 is 0 Å². The zero-order valence-electron chi connectivity index (χ0n) is 14.6. The van der Waals surface area contributed by atoms with Crippen LogP contribution in [-0.4, -0.2) is 26.6 Å². The van der Waals surface area contributed by atoms with Crippen LogP contribution in [0.1, 0.15) is 47.5 Å². The van der Waals surface area contributed by atoms with Gasteiger partial charge in [0.05, 0.1) is 6.61 Å². The first-order chi connectivity index (χ1) is 8.85. The average Bonchev–Trinajstić information content (AvgIpc) is 2.23. The van der Waals surface area contributed by atoms with Crippen molar-refractivity contribution in [2.24, 2.45) is 5.41 Å². The van der Waals surface area contributed by atoms with E-state index in [-0.39, 0.29) is 17.1 Å². The Morgan fingerprint density at radius 1 is 1.05 bits per heavy atom. The highest BCUT2D eigenvalue weighted by atomic mass is 28.4. The van der Waals surface area contributed by atoms with Gasteiger partial charge in [-0.25, -0.2) is 0 Å². The van der Waals surface area contributed by atoms with Crippen LogP contribution in [0.2, 0.25) is 18.1 Å². The molecule has 0 heterocycles. The van der Waals surface area contributed by atoms with Crippen LogP contribution in [0.5, 0.6) is 0 Å². The van der Waals surface area contributed by atoms with E-state index in [0.717, 1.165) is 24.0 Å². The fourth-order valence-corrected chi connectivity index (χ4v) is 3.25. The van der Waals surface area contributed by atoms with Gasteiger partial charge in [0.25, 0.3) is 0 Å². The summed E-state index contributed by atoms with van der Waals surface area (Å²) in [5.41, 5.74) is 1.89. The van der Waals surface area contributed by atoms with Gasteiger partial charge < -0.3 is 9.53 Å². The molecule has 0 aliphatic rings. The fourth-order valence-electron chi connectivity index (χ4n) is 2.15. The SMILES string of the molecule is C=C(C)CC(CO)(CO[Si](C)(C)C(C)(C)C)CC(=C)C. The standard InChI is InChI=1S/C17H34O2Si/c1-14(2)10-17(12-18,11-15(3)4)13-19-20(8,9)16(5,6)7/h18H,1,3,10-13H2,2,4-9H3. The number of hydrogen-bond acceptors (Lipinski definition) is 2. The Hall–Kier alpha value is -0.383. The van der Waals surface area contributed by atoms with Crippen LogP contribution in [0.4, 0.5) is 0 Å². The summed E-state index contributed by atoms with van der Waals surface area (Å²) >= 11 is 0. The molecule has 0 fully saturated rings. The van der Waals surface area contributed by atoms with Gasteiger partial charge in [-0.3, -0.25) is 0 Å². The van der Waals surface area contributed by atoms with Gasteiger partial charge >= 0.3 is 0 Å². The van der Waals surface area contributed by atoms with E-state index >= 15 is 0 Å². The second kappa shape index (κ2) is 7.06. The van der Waals surface area contributed by atoms with Crippen LogP contribution in [0, 0.1) is 5.41 Å². The van der Waals surface area contributed by atoms with Crippen LogP contribution in [-0.2, 0) is 4.43 Å². The van der Waals surface area contributed by atoms with E-state index in [0.29, 0.717) is 6.61 Å². The molecule has 0 unspecified atom stereocenters. The van der Waals surface area contributed by atoms with Gasteiger partial charge in [0.1, 0.15) is 0 Å². The van der Waals surface area contributed by atoms with Crippen molar-refractivity contribution in [1.82, 2.24) is 0 Å². The molecule has 0 aromatic heterocycles. The Morgan fingerprint density at radius 3 is 1.70 bits per heavy atom. The number of rotatable bonds is 8. The molecule has 0 saturated carbocycles. The molecule has 0 aliphatic carbocycles. The molecule has 0 saturated heterocycles. The Balaban J connectivity index is 5.07. The first-order valence-corrected chi connectivity index (χ1v) is 10.3. The molecule has 0 rings (SSSR count). The lowest BCUT2D eigenvalue weighted by Crippen LogP contribution is -2.45. The molecule has 3 heteroatoms. The molecule has 118 valence electrons. The van der Waals surface area contributed by atoms with Crippen LogP contribution in [0.15, 0.2) is 24.3 Å². The Bertz CT molecular complexity index is 334.